The van der Waals surface area contributed by atoms with Gasteiger partial charge in [0.25, 0.3) is 0 Å². The van der Waals surface area contributed by atoms with Crippen LogP contribution in [0.4, 0.5) is 22.0 Å². The monoisotopic (exact) mass is 335 g/mol. The topological polar surface area (TPSA) is 62.2 Å². The summed E-state index contributed by atoms with van der Waals surface area (Å²) in [5, 5.41) is 9.92. The minimum Gasteiger partial charge on any atom is -0.378 e. The second-order valence-electron chi connectivity index (χ2n) is 5.92. The molecule has 0 saturated carbocycles. The molecule has 0 aliphatic carbocycles. The van der Waals surface area contributed by atoms with Crippen LogP contribution in [0.2, 0.25) is 0 Å². The van der Waals surface area contributed by atoms with Crippen molar-refractivity contribution in [1.29, 1.82) is 0 Å². The number of hydrogen-bond donors (Lipinski definition) is 2. The molecule has 3 aromatic rings. The van der Waals surface area contributed by atoms with Crippen molar-refractivity contribution >= 4 is 23.2 Å². The van der Waals surface area contributed by atoms with E-state index in [9.17, 15) is 4.79 Å². The van der Waals surface area contributed by atoms with Gasteiger partial charge in [-0.05, 0) is 29.8 Å². The molecule has 0 spiro atoms. The quantitative estimate of drug-likeness (QED) is 0.762. The molecule has 6 heteroatoms. The van der Waals surface area contributed by atoms with Crippen molar-refractivity contribution in [1.82, 2.24) is 9.78 Å². The van der Waals surface area contributed by atoms with Crippen molar-refractivity contribution in [3.63, 3.8) is 0 Å². The van der Waals surface area contributed by atoms with E-state index in [0.29, 0.717) is 5.82 Å². The van der Waals surface area contributed by atoms with Crippen LogP contribution >= 0.6 is 0 Å². The maximum atomic E-state index is 12.2. The zero-order valence-electron chi connectivity index (χ0n) is 14.5. The first-order valence-corrected chi connectivity index (χ1v) is 7.98. The Morgan fingerprint density at radius 3 is 2.32 bits per heavy atom. The van der Waals surface area contributed by atoms with Crippen LogP contribution in [0, 0.1) is 0 Å². The van der Waals surface area contributed by atoms with Gasteiger partial charge < -0.3 is 10.2 Å². The predicted molar refractivity (Wildman–Crippen MR) is 102 cm³/mol. The third-order valence-electron chi connectivity index (χ3n) is 3.83. The fourth-order valence-corrected chi connectivity index (χ4v) is 2.53. The van der Waals surface area contributed by atoms with Gasteiger partial charge >= 0.3 is 6.03 Å². The SMILES string of the molecule is CN(C)c1ccc(NC(=O)Nc2cc(-c3ccccc3)n(C)n2)cc1. The Morgan fingerprint density at radius 2 is 1.68 bits per heavy atom. The van der Waals surface area contributed by atoms with E-state index in [0.717, 1.165) is 22.6 Å². The number of anilines is 3. The zero-order chi connectivity index (χ0) is 17.8. The number of urea groups is 1. The highest BCUT2D eigenvalue weighted by Crippen LogP contribution is 2.22. The van der Waals surface area contributed by atoms with Crippen molar-refractivity contribution in [3.8, 4) is 11.3 Å². The molecule has 0 fully saturated rings. The number of benzene rings is 2. The number of amides is 2. The molecule has 0 radical (unpaired) electrons. The highest BCUT2D eigenvalue weighted by molar-refractivity contribution is 5.99. The van der Waals surface area contributed by atoms with E-state index < -0.39 is 0 Å². The molecular weight excluding hydrogens is 314 g/mol. The standard InChI is InChI=1S/C19H21N5O/c1-23(2)16-11-9-15(10-12-16)20-19(25)21-18-13-17(24(3)22-18)14-7-5-4-6-8-14/h4-13H,1-3H3,(H2,20,21,22,25). The lowest BCUT2D eigenvalue weighted by molar-refractivity contribution is 0.262. The van der Waals surface area contributed by atoms with Gasteiger partial charge in [0.2, 0.25) is 0 Å². The zero-order valence-corrected chi connectivity index (χ0v) is 14.5. The number of nitrogens with one attached hydrogen (secondary N) is 2. The third kappa shape index (κ3) is 3.98. The Balaban J connectivity index is 1.67. The van der Waals surface area contributed by atoms with Crippen LogP contribution in [0.5, 0.6) is 0 Å². The van der Waals surface area contributed by atoms with E-state index >= 15 is 0 Å². The van der Waals surface area contributed by atoms with Crippen LogP contribution in [0.1, 0.15) is 0 Å². The van der Waals surface area contributed by atoms with Crippen LogP contribution in [0.3, 0.4) is 0 Å². The summed E-state index contributed by atoms with van der Waals surface area (Å²) in [6, 6.07) is 19.1. The number of carbonyl (C=O) groups is 1. The Hall–Kier alpha value is -3.28. The van der Waals surface area contributed by atoms with Gasteiger partial charge in [0.15, 0.2) is 5.82 Å². The van der Waals surface area contributed by atoms with Crippen molar-refractivity contribution in [3.05, 3.63) is 60.7 Å². The van der Waals surface area contributed by atoms with Gasteiger partial charge in [-0.3, -0.25) is 10.00 Å². The van der Waals surface area contributed by atoms with Gasteiger partial charge in [-0.25, -0.2) is 4.79 Å². The van der Waals surface area contributed by atoms with E-state index in [2.05, 4.69) is 15.7 Å². The molecule has 1 heterocycles. The number of rotatable bonds is 4. The van der Waals surface area contributed by atoms with Gasteiger partial charge in [-0.1, -0.05) is 30.3 Å². The summed E-state index contributed by atoms with van der Waals surface area (Å²) in [5.41, 5.74) is 3.78. The number of nitrogens with zero attached hydrogens (tertiary/aromatic N) is 3. The highest BCUT2D eigenvalue weighted by Gasteiger charge is 2.10. The Bertz CT molecular complexity index is 853. The molecule has 128 valence electrons. The lowest BCUT2D eigenvalue weighted by Gasteiger charge is -2.13. The predicted octanol–water partition coefficient (Wildman–Crippen LogP) is 3.80. The molecule has 0 saturated heterocycles. The maximum Gasteiger partial charge on any atom is 0.324 e. The van der Waals surface area contributed by atoms with E-state index in [1.807, 2.05) is 86.7 Å². The lowest BCUT2D eigenvalue weighted by atomic mass is 10.1. The molecule has 3 rings (SSSR count). The number of aryl methyl sites for hydroxylation is 1. The average Bonchev–Trinajstić information content (AvgIpc) is 2.96. The second kappa shape index (κ2) is 7.09. The summed E-state index contributed by atoms with van der Waals surface area (Å²) in [5.74, 6) is 0.503. The van der Waals surface area contributed by atoms with Gasteiger partial charge in [-0.2, -0.15) is 5.10 Å². The van der Waals surface area contributed by atoms with Gasteiger partial charge in [0.1, 0.15) is 0 Å². The average molecular weight is 335 g/mol. The summed E-state index contributed by atoms with van der Waals surface area (Å²) in [6.07, 6.45) is 0. The Kier molecular flexibility index (Phi) is 4.70. The van der Waals surface area contributed by atoms with Crippen LogP contribution in [0.25, 0.3) is 11.3 Å². The molecule has 2 aromatic carbocycles. The second-order valence-corrected chi connectivity index (χ2v) is 5.92. The van der Waals surface area contributed by atoms with E-state index in [1.165, 1.54) is 0 Å². The molecule has 0 aliphatic rings. The van der Waals surface area contributed by atoms with E-state index in [4.69, 9.17) is 0 Å². The van der Waals surface area contributed by atoms with Gasteiger partial charge in [0.05, 0.1) is 5.69 Å². The smallest absolute Gasteiger partial charge is 0.324 e. The number of aromatic nitrogens is 2. The van der Waals surface area contributed by atoms with Crippen LogP contribution in [-0.4, -0.2) is 29.9 Å². The molecule has 1 aromatic heterocycles. The molecule has 25 heavy (non-hydrogen) atoms. The summed E-state index contributed by atoms with van der Waals surface area (Å²) >= 11 is 0. The lowest BCUT2D eigenvalue weighted by Crippen LogP contribution is -2.19. The van der Waals surface area contributed by atoms with Crippen molar-refractivity contribution < 1.29 is 4.79 Å². The molecule has 0 atom stereocenters. The first-order valence-electron chi connectivity index (χ1n) is 7.98. The normalized spacial score (nSPS) is 10.4. The molecule has 2 amide bonds. The molecule has 0 aliphatic heterocycles. The minimum atomic E-state index is -0.324. The minimum absolute atomic E-state index is 0.324. The molecule has 0 unspecified atom stereocenters. The Morgan fingerprint density at radius 1 is 1.00 bits per heavy atom. The number of carbonyl (C=O) groups excluding carboxylic acids is 1. The number of hydrogen-bond acceptors (Lipinski definition) is 3. The summed E-state index contributed by atoms with van der Waals surface area (Å²) < 4.78 is 1.75. The fraction of sp³-hybridized carbons (Fsp3) is 0.158. The first-order chi connectivity index (χ1) is 12.0. The highest BCUT2D eigenvalue weighted by atomic mass is 16.2. The fourth-order valence-electron chi connectivity index (χ4n) is 2.53. The third-order valence-corrected chi connectivity index (χ3v) is 3.83. The maximum absolute atomic E-state index is 12.2. The van der Waals surface area contributed by atoms with E-state index in [-0.39, 0.29) is 6.03 Å². The Labute approximate surface area is 147 Å². The van der Waals surface area contributed by atoms with Crippen molar-refractivity contribution in [2.75, 3.05) is 29.6 Å². The summed E-state index contributed by atoms with van der Waals surface area (Å²) in [4.78, 5) is 14.2. The van der Waals surface area contributed by atoms with E-state index in [1.54, 1.807) is 4.68 Å². The van der Waals surface area contributed by atoms with Gasteiger partial charge in [0, 0.05) is 38.6 Å². The van der Waals surface area contributed by atoms with Crippen LogP contribution in [0.15, 0.2) is 60.7 Å². The first kappa shape index (κ1) is 16.6. The molecule has 2 N–H and O–H groups in total. The molecule has 6 nitrogen and oxygen atoms in total. The van der Waals surface area contributed by atoms with Crippen molar-refractivity contribution in [2.24, 2.45) is 7.05 Å². The molecular formula is C19H21N5O. The van der Waals surface area contributed by atoms with Crippen LogP contribution in [-0.2, 0) is 7.05 Å². The summed E-state index contributed by atoms with van der Waals surface area (Å²) in [7, 11) is 5.80. The van der Waals surface area contributed by atoms with Crippen LogP contribution < -0.4 is 15.5 Å². The van der Waals surface area contributed by atoms with Crippen molar-refractivity contribution in [2.45, 2.75) is 0 Å². The van der Waals surface area contributed by atoms with Gasteiger partial charge in [-0.15, -0.1) is 0 Å². The summed E-state index contributed by atoms with van der Waals surface area (Å²) in [6.45, 7) is 0. The largest absolute Gasteiger partial charge is 0.378 e. The molecule has 0 bridgehead atoms.